The zero-order chi connectivity index (χ0) is 18.5. The summed E-state index contributed by atoms with van der Waals surface area (Å²) in [5.41, 5.74) is 2.54. The van der Waals surface area contributed by atoms with Crippen molar-refractivity contribution < 1.29 is 4.79 Å². The number of unbranched alkanes of at least 4 members (excludes halogenated alkanes) is 1. The van der Waals surface area contributed by atoms with Gasteiger partial charge in [-0.05, 0) is 31.5 Å². The van der Waals surface area contributed by atoms with Gasteiger partial charge in [-0.15, -0.1) is 0 Å². The van der Waals surface area contributed by atoms with Crippen LogP contribution < -0.4 is 10.2 Å². The minimum Gasteiger partial charge on any atom is -0.344 e. The summed E-state index contributed by atoms with van der Waals surface area (Å²) in [6.07, 6.45) is 3.86. The fourth-order valence-corrected chi connectivity index (χ4v) is 2.73. The summed E-state index contributed by atoms with van der Waals surface area (Å²) >= 11 is 0. The summed E-state index contributed by atoms with van der Waals surface area (Å²) in [7, 11) is 1.95. The van der Waals surface area contributed by atoms with E-state index >= 15 is 0 Å². The number of pyridine rings is 1. The summed E-state index contributed by atoms with van der Waals surface area (Å²) in [5, 5.41) is 3.90. The van der Waals surface area contributed by atoms with Gasteiger partial charge in [0.1, 0.15) is 5.69 Å². The average Bonchev–Trinajstić information content (AvgIpc) is 2.65. The van der Waals surface area contributed by atoms with Crippen LogP contribution in [-0.4, -0.2) is 34.5 Å². The molecule has 0 radical (unpaired) electrons. The van der Waals surface area contributed by atoms with Crippen LogP contribution in [0.25, 0.3) is 10.9 Å². The van der Waals surface area contributed by atoms with Gasteiger partial charge in [0.15, 0.2) is 0 Å². The van der Waals surface area contributed by atoms with Crippen LogP contribution in [0.5, 0.6) is 0 Å². The number of hydrogen-bond donors (Lipinski definition) is 1. The van der Waals surface area contributed by atoms with Crippen LogP contribution in [0.2, 0.25) is 0 Å². The maximum absolute atomic E-state index is 12.8. The van der Waals surface area contributed by atoms with Crippen molar-refractivity contribution in [3.05, 3.63) is 54.0 Å². The molecule has 0 saturated heterocycles. The molecule has 134 valence electrons. The van der Waals surface area contributed by atoms with Gasteiger partial charge < -0.3 is 10.2 Å². The maximum atomic E-state index is 12.8. The lowest BCUT2D eigenvalue weighted by Crippen LogP contribution is -2.23. The molecule has 6 heteroatoms. The molecular formula is C20H23N5O. The van der Waals surface area contributed by atoms with Crippen molar-refractivity contribution in [1.82, 2.24) is 15.0 Å². The minimum atomic E-state index is -0.265. The molecule has 0 fully saturated rings. The third-order valence-electron chi connectivity index (χ3n) is 4.14. The Hall–Kier alpha value is -3.02. The monoisotopic (exact) mass is 349 g/mol. The Morgan fingerprint density at radius 2 is 2.00 bits per heavy atom. The van der Waals surface area contributed by atoms with E-state index in [4.69, 9.17) is 0 Å². The Bertz CT molecular complexity index is 920. The summed E-state index contributed by atoms with van der Waals surface area (Å²) < 4.78 is 0. The van der Waals surface area contributed by atoms with Gasteiger partial charge in [0.25, 0.3) is 5.91 Å². The van der Waals surface area contributed by atoms with Crippen molar-refractivity contribution in [1.29, 1.82) is 0 Å². The first kappa shape index (κ1) is 17.8. The molecule has 1 amide bonds. The highest BCUT2D eigenvalue weighted by molar-refractivity contribution is 6.07. The first-order valence-corrected chi connectivity index (χ1v) is 8.80. The van der Waals surface area contributed by atoms with Gasteiger partial charge in [0.2, 0.25) is 5.95 Å². The SMILES string of the molecule is CCCCN(C)c1nc(C)cc(C(=O)Nc2cccc3cccnc23)n1. The normalized spacial score (nSPS) is 10.7. The van der Waals surface area contributed by atoms with Crippen LogP contribution in [0.1, 0.15) is 35.9 Å². The van der Waals surface area contributed by atoms with Crippen LogP contribution >= 0.6 is 0 Å². The third-order valence-corrected chi connectivity index (χ3v) is 4.14. The molecule has 3 aromatic rings. The number of benzene rings is 1. The van der Waals surface area contributed by atoms with Crippen LogP contribution in [0, 0.1) is 6.92 Å². The third kappa shape index (κ3) is 3.96. The second kappa shape index (κ2) is 7.91. The molecule has 2 aromatic heterocycles. The number of rotatable bonds is 6. The largest absolute Gasteiger partial charge is 0.344 e. The van der Waals surface area contributed by atoms with Gasteiger partial charge in [-0.2, -0.15) is 0 Å². The van der Waals surface area contributed by atoms with E-state index in [-0.39, 0.29) is 5.91 Å². The van der Waals surface area contributed by atoms with E-state index in [1.54, 1.807) is 12.3 Å². The number of carbonyl (C=O) groups is 1. The van der Waals surface area contributed by atoms with E-state index in [9.17, 15) is 4.79 Å². The van der Waals surface area contributed by atoms with E-state index in [0.29, 0.717) is 17.3 Å². The Kier molecular flexibility index (Phi) is 5.41. The van der Waals surface area contributed by atoms with Crippen LogP contribution in [0.3, 0.4) is 0 Å². The zero-order valence-corrected chi connectivity index (χ0v) is 15.4. The Morgan fingerprint density at radius 3 is 2.81 bits per heavy atom. The molecule has 1 aromatic carbocycles. The predicted molar refractivity (Wildman–Crippen MR) is 105 cm³/mol. The molecule has 0 aliphatic heterocycles. The quantitative estimate of drug-likeness (QED) is 0.732. The highest BCUT2D eigenvalue weighted by atomic mass is 16.1. The maximum Gasteiger partial charge on any atom is 0.274 e. The fourth-order valence-electron chi connectivity index (χ4n) is 2.73. The summed E-state index contributed by atoms with van der Waals surface area (Å²) in [6.45, 7) is 4.87. The van der Waals surface area contributed by atoms with Crippen molar-refractivity contribution in [2.45, 2.75) is 26.7 Å². The lowest BCUT2D eigenvalue weighted by atomic mass is 10.2. The number of anilines is 2. The predicted octanol–water partition coefficient (Wildman–Crippen LogP) is 3.82. The molecule has 0 aliphatic rings. The van der Waals surface area contributed by atoms with Crippen molar-refractivity contribution in [2.24, 2.45) is 0 Å². The topological polar surface area (TPSA) is 71.0 Å². The fraction of sp³-hybridized carbons (Fsp3) is 0.300. The number of hydrogen-bond acceptors (Lipinski definition) is 5. The number of para-hydroxylation sites is 1. The molecule has 26 heavy (non-hydrogen) atoms. The molecule has 3 rings (SSSR count). The Balaban J connectivity index is 1.86. The first-order chi connectivity index (χ1) is 12.6. The van der Waals surface area contributed by atoms with E-state index < -0.39 is 0 Å². The number of carbonyl (C=O) groups excluding carboxylic acids is 1. The number of nitrogens with one attached hydrogen (secondary N) is 1. The van der Waals surface area contributed by atoms with Crippen molar-refractivity contribution >= 4 is 28.4 Å². The van der Waals surface area contributed by atoms with Crippen LogP contribution in [0.4, 0.5) is 11.6 Å². The van der Waals surface area contributed by atoms with Gasteiger partial charge in [-0.3, -0.25) is 9.78 Å². The van der Waals surface area contributed by atoms with E-state index in [2.05, 4.69) is 27.2 Å². The molecule has 0 atom stereocenters. The molecule has 6 nitrogen and oxygen atoms in total. The van der Waals surface area contributed by atoms with E-state index in [1.807, 2.05) is 49.2 Å². The standard InChI is InChI=1S/C20H23N5O/c1-4-5-12-25(3)20-22-14(2)13-17(24-20)19(26)23-16-10-6-8-15-9-7-11-21-18(15)16/h6-11,13H,4-5,12H2,1-3H3,(H,23,26). The molecule has 0 aliphatic carbocycles. The highest BCUT2D eigenvalue weighted by Gasteiger charge is 2.14. The molecule has 0 unspecified atom stereocenters. The molecule has 1 N–H and O–H groups in total. The van der Waals surface area contributed by atoms with E-state index in [0.717, 1.165) is 36.0 Å². The van der Waals surface area contributed by atoms with Crippen LogP contribution in [-0.2, 0) is 0 Å². The number of nitrogens with zero attached hydrogens (tertiary/aromatic N) is 4. The number of aromatic nitrogens is 3. The molecule has 2 heterocycles. The lowest BCUT2D eigenvalue weighted by Gasteiger charge is -2.17. The highest BCUT2D eigenvalue weighted by Crippen LogP contribution is 2.21. The van der Waals surface area contributed by atoms with Gasteiger partial charge >= 0.3 is 0 Å². The summed E-state index contributed by atoms with van der Waals surface area (Å²) in [5.74, 6) is 0.304. The van der Waals surface area contributed by atoms with E-state index in [1.165, 1.54) is 0 Å². The number of amides is 1. The van der Waals surface area contributed by atoms with Crippen molar-refractivity contribution in [2.75, 3.05) is 23.8 Å². The first-order valence-electron chi connectivity index (χ1n) is 8.80. The molecule has 0 saturated carbocycles. The Labute approximate surface area is 153 Å². The Morgan fingerprint density at radius 1 is 1.19 bits per heavy atom. The van der Waals surface area contributed by atoms with Gasteiger partial charge in [-0.25, -0.2) is 9.97 Å². The van der Waals surface area contributed by atoms with Crippen molar-refractivity contribution in [3.8, 4) is 0 Å². The average molecular weight is 349 g/mol. The van der Waals surface area contributed by atoms with Crippen LogP contribution in [0.15, 0.2) is 42.6 Å². The molecule has 0 bridgehead atoms. The second-order valence-electron chi connectivity index (χ2n) is 6.30. The summed E-state index contributed by atoms with van der Waals surface area (Å²) in [4.78, 5) is 28.0. The summed E-state index contributed by atoms with van der Waals surface area (Å²) in [6, 6.07) is 11.2. The zero-order valence-electron chi connectivity index (χ0n) is 15.4. The smallest absolute Gasteiger partial charge is 0.274 e. The van der Waals surface area contributed by atoms with Crippen molar-refractivity contribution in [3.63, 3.8) is 0 Å². The lowest BCUT2D eigenvalue weighted by molar-refractivity contribution is 0.102. The number of aryl methyl sites for hydroxylation is 1. The van der Waals surface area contributed by atoms with Gasteiger partial charge in [0.05, 0.1) is 11.2 Å². The van der Waals surface area contributed by atoms with Gasteiger partial charge in [0, 0.05) is 30.9 Å². The minimum absolute atomic E-state index is 0.265. The number of fused-ring (bicyclic) bond motifs is 1. The van der Waals surface area contributed by atoms with Gasteiger partial charge in [-0.1, -0.05) is 31.5 Å². The molecular weight excluding hydrogens is 326 g/mol. The molecule has 0 spiro atoms. The second-order valence-corrected chi connectivity index (χ2v) is 6.30.